The van der Waals surface area contributed by atoms with Gasteiger partial charge in [0.1, 0.15) is 0 Å². The number of aliphatic hydroxyl groups excluding tert-OH is 2. The second-order valence-corrected chi connectivity index (χ2v) is 11.2. The van der Waals surface area contributed by atoms with Crippen LogP contribution in [0.15, 0.2) is 24.3 Å². The fraction of sp³-hybridized carbons (Fsp3) is 0.853. The highest BCUT2D eigenvalue weighted by atomic mass is 16.3. The van der Waals surface area contributed by atoms with E-state index in [9.17, 15) is 15.0 Å². The van der Waals surface area contributed by atoms with Crippen molar-refractivity contribution in [2.75, 3.05) is 6.61 Å². The Morgan fingerprint density at radius 2 is 1.03 bits per heavy atom. The Hall–Kier alpha value is -1.13. The molecule has 4 nitrogen and oxygen atoms in total. The van der Waals surface area contributed by atoms with Crippen molar-refractivity contribution < 1.29 is 15.0 Å². The highest BCUT2D eigenvalue weighted by molar-refractivity contribution is 5.76. The van der Waals surface area contributed by atoms with E-state index in [1.54, 1.807) is 6.08 Å². The number of carbonyl (C=O) groups excluding carboxylic acids is 1. The van der Waals surface area contributed by atoms with Gasteiger partial charge in [-0.3, -0.25) is 4.79 Å². The van der Waals surface area contributed by atoms with Gasteiger partial charge in [0.15, 0.2) is 0 Å². The number of carbonyl (C=O) groups is 1. The van der Waals surface area contributed by atoms with E-state index in [1.807, 2.05) is 6.08 Å². The van der Waals surface area contributed by atoms with Crippen LogP contribution in [0, 0.1) is 0 Å². The van der Waals surface area contributed by atoms with Gasteiger partial charge in [-0.2, -0.15) is 0 Å². The number of unbranched alkanes of at least 4 members (excludes halogenated alkanes) is 20. The monoisotopic (exact) mass is 535 g/mol. The maximum absolute atomic E-state index is 12.2. The lowest BCUT2D eigenvalue weighted by Gasteiger charge is -2.19. The van der Waals surface area contributed by atoms with Gasteiger partial charge in [-0.1, -0.05) is 154 Å². The molecule has 2 unspecified atom stereocenters. The lowest BCUT2D eigenvalue weighted by Crippen LogP contribution is -2.45. The van der Waals surface area contributed by atoms with Gasteiger partial charge in [0.05, 0.1) is 18.8 Å². The molecule has 0 aromatic carbocycles. The van der Waals surface area contributed by atoms with Crippen LogP contribution in [-0.4, -0.2) is 34.9 Å². The van der Waals surface area contributed by atoms with Gasteiger partial charge in [-0.05, 0) is 32.1 Å². The molecule has 0 aliphatic carbocycles. The van der Waals surface area contributed by atoms with Crippen LogP contribution in [0.4, 0.5) is 0 Å². The first-order valence-electron chi connectivity index (χ1n) is 16.6. The zero-order chi connectivity index (χ0) is 27.9. The minimum absolute atomic E-state index is 0.0764. The van der Waals surface area contributed by atoms with Crippen molar-refractivity contribution in [1.29, 1.82) is 0 Å². The summed E-state index contributed by atoms with van der Waals surface area (Å²) in [5.41, 5.74) is 0. The molecule has 0 aliphatic heterocycles. The molecule has 2 atom stereocenters. The quantitative estimate of drug-likeness (QED) is 0.0660. The Morgan fingerprint density at radius 3 is 1.53 bits per heavy atom. The summed E-state index contributed by atoms with van der Waals surface area (Å²) >= 11 is 0. The van der Waals surface area contributed by atoms with Crippen LogP contribution in [0.25, 0.3) is 0 Å². The molecule has 0 radical (unpaired) electrons. The minimum Gasteiger partial charge on any atom is -0.394 e. The summed E-state index contributed by atoms with van der Waals surface area (Å²) in [6.07, 6.45) is 36.9. The Morgan fingerprint density at radius 1 is 0.605 bits per heavy atom. The zero-order valence-corrected chi connectivity index (χ0v) is 25.4. The second-order valence-electron chi connectivity index (χ2n) is 11.2. The van der Waals surface area contributed by atoms with Crippen molar-refractivity contribution in [1.82, 2.24) is 5.32 Å². The van der Waals surface area contributed by atoms with Crippen molar-refractivity contribution in [3.63, 3.8) is 0 Å². The van der Waals surface area contributed by atoms with E-state index in [-0.39, 0.29) is 12.5 Å². The third kappa shape index (κ3) is 26.5. The van der Waals surface area contributed by atoms with Crippen molar-refractivity contribution in [2.24, 2.45) is 0 Å². The molecule has 0 bridgehead atoms. The van der Waals surface area contributed by atoms with E-state index < -0.39 is 12.1 Å². The molecular weight excluding hydrogens is 470 g/mol. The molecule has 0 aromatic heterocycles. The molecule has 0 aliphatic rings. The Labute approximate surface area is 237 Å². The summed E-state index contributed by atoms with van der Waals surface area (Å²) in [5, 5.41) is 22.7. The van der Waals surface area contributed by atoms with Crippen LogP contribution < -0.4 is 5.32 Å². The molecule has 224 valence electrons. The first-order chi connectivity index (χ1) is 18.7. The number of aliphatic hydroxyl groups is 2. The normalized spacial score (nSPS) is 13.5. The number of amides is 1. The van der Waals surface area contributed by atoms with Gasteiger partial charge in [-0.15, -0.1) is 0 Å². The molecule has 1 amide bonds. The van der Waals surface area contributed by atoms with Crippen LogP contribution in [0.5, 0.6) is 0 Å². The molecule has 4 heteroatoms. The average Bonchev–Trinajstić information content (AvgIpc) is 2.92. The van der Waals surface area contributed by atoms with E-state index in [0.717, 1.165) is 32.1 Å². The lowest BCUT2D eigenvalue weighted by atomic mass is 10.0. The van der Waals surface area contributed by atoms with Crippen LogP contribution in [0.3, 0.4) is 0 Å². The van der Waals surface area contributed by atoms with Crippen LogP contribution in [0.2, 0.25) is 0 Å². The van der Waals surface area contributed by atoms with Gasteiger partial charge in [-0.25, -0.2) is 0 Å². The Bertz CT molecular complexity index is 546. The zero-order valence-electron chi connectivity index (χ0n) is 25.4. The summed E-state index contributed by atoms with van der Waals surface area (Å²) < 4.78 is 0. The Kier molecular flexibility index (Phi) is 29.5. The molecule has 0 saturated heterocycles. The van der Waals surface area contributed by atoms with Crippen LogP contribution >= 0.6 is 0 Å². The largest absolute Gasteiger partial charge is 0.394 e. The third-order valence-corrected chi connectivity index (χ3v) is 7.44. The van der Waals surface area contributed by atoms with Crippen molar-refractivity contribution in [3.8, 4) is 0 Å². The fourth-order valence-corrected chi connectivity index (χ4v) is 4.84. The summed E-state index contributed by atoms with van der Waals surface area (Å²) in [5.74, 6) is -0.0764. The van der Waals surface area contributed by atoms with Gasteiger partial charge in [0.25, 0.3) is 0 Å². The number of hydrogen-bond donors (Lipinski definition) is 3. The van der Waals surface area contributed by atoms with Crippen LogP contribution in [0.1, 0.15) is 168 Å². The summed E-state index contributed by atoms with van der Waals surface area (Å²) in [7, 11) is 0. The number of nitrogens with one attached hydrogen (secondary N) is 1. The predicted molar refractivity (Wildman–Crippen MR) is 165 cm³/mol. The molecule has 0 aromatic rings. The number of rotatable bonds is 29. The minimum atomic E-state index is -0.854. The maximum atomic E-state index is 12.2. The first kappa shape index (κ1) is 36.9. The van der Waals surface area contributed by atoms with E-state index in [1.165, 1.54) is 116 Å². The van der Waals surface area contributed by atoms with Gasteiger partial charge < -0.3 is 15.5 Å². The van der Waals surface area contributed by atoms with Gasteiger partial charge in [0.2, 0.25) is 5.91 Å². The predicted octanol–water partition coefficient (Wildman–Crippen LogP) is 9.34. The smallest absolute Gasteiger partial charge is 0.220 e. The van der Waals surface area contributed by atoms with E-state index in [4.69, 9.17) is 0 Å². The topological polar surface area (TPSA) is 69.6 Å². The van der Waals surface area contributed by atoms with Crippen LogP contribution in [-0.2, 0) is 4.79 Å². The van der Waals surface area contributed by atoms with Gasteiger partial charge >= 0.3 is 0 Å². The maximum Gasteiger partial charge on any atom is 0.220 e. The molecule has 0 spiro atoms. The standard InChI is InChI=1S/C34H65NO3/c1-3-5-7-9-11-13-14-15-16-17-18-19-20-22-24-26-28-30-34(38)35-32(31-36)33(37)29-27-25-23-21-12-10-8-6-4-2/h12,21,27,29,32-33,36-37H,3-11,13-20,22-26,28,30-31H2,1-2H3,(H,35,38)/b21-12+,29-27+. The first-order valence-corrected chi connectivity index (χ1v) is 16.6. The molecule has 38 heavy (non-hydrogen) atoms. The SMILES string of the molecule is CCCCC/C=C/CC/C=C/C(O)C(CO)NC(=O)CCCCCCCCCCCCCCCCCCC. The molecule has 3 N–H and O–H groups in total. The van der Waals surface area contributed by atoms with Crippen molar-refractivity contribution in [2.45, 2.75) is 180 Å². The molecule has 0 saturated carbocycles. The summed E-state index contributed by atoms with van der Waals surface area (Å²) in [6.45, 7) is 4.23. The fourth-order valence-electron chi connectivity index (χ4n) is 4.84. The molecule has 0 fully saturated rings. The summed E-state index contributed by atoms with van der Waals surface area (Å²) in [4.78, 5) is 12.2. The van der Waals surface area contributed by atoms with E-state index >= 15 is 0 Å². The molecular formula is C34H65NO3. The van der Waals surface area contributed by atoms with Gasteiger partial charge in [0, 0.05) is 6.42 Å². The third-order valence-electron chi connectivity index (χ3n) is 7.44. The number of hydrogen-bond acceptors (Lipinski definition) is 3. The average molecular weight is 536 g/mol. The number of allylic oxidation sites excluding steroid dienone is 3. The summed E-state index contributed by atoms with van der Waals surface area (Å²) in [6, 6.07) is -0.630. The molecule has 0 heterocycles. The van der Waals surface area contributed by atoms with Crippen molar-refractivity contribution in [3.05, 3.63) is 24.3 Å². The highest BCUT2D eigenvalue weighted by Crippen LogP contribution is 2.14. The van der Waals surface area contributed by atoms with E-state index in [0.29, 0.717) is 6.42 Å². The Balaban J connectivity index is 3.60. The highest BCUT2D eigenvalue weighted by Gasteiger charge is 2.17. The molecule has 0 rings (SSSR count). The van der Waals surface area contributed by atoms with Crippen molar-refractivity contribution >= 4 is 5.91 Å². The lowest BCUT2D eigenvalue weighted by molar-refractivity contribution is -0.123. The second kappa shape index (κ2) is 30.4. The van der Waals surface area contributed by atoms with E-state index in [2.05, 4.69) is 31.3 Å².